The van der Waals surface area contributed by atoms with E-state index < -0.39 is 12.8 Å². The topological polar surface area (TPSA) is 41.5 Å². The van der Waals surface area contributed by atoms with Crippen LogP contribution in [0.25, 0.3) is 0 Å². The molecule has 22 heavy (non-hydrogen) atoms. The maximum absolute atomic E-state index is 12.1. The minimum absolute atomic E-state index is 0.0854. The van der Waals surface area contributed by atoms with Gasteiger partial charge in [-0.15, -0.1) is 0 Å². The smallest absolute Gasteiger partial charge is 0.422 e. The van der Waals surface area contributed by atoms with Gasteiger partial charge in [-0.25, -0.2) is 0 Å². The van der Waals surface area contributed by atoms with Crippen LogP contribution >= 0.6 is 0 Å². The minimum Gasteiger partial charge on any atom is -0.484 e. The minimum atomic E-state index is -4.35. The Hall–Kier alpha value is -2.21. The molecule has 0 heterocycles. The number of ether oxygens (including phenoxy) is 1. The van der Waals surface area contributed by atoms with Crippen molar-refractivity contribution in [1.82, 2.24) is 0 Å². The van der Waals surface area contributed by atoms with Crippen LogP contribution in [0.4, 0.5) is 18.9 Å². The Bertz CT molecular complexity index is 614. The van der Waals surface area contributed by atoms with Gasteiger partial charge < -0.3 is 15.2 Å². The lowest BCUT2D eigenvalue weighted by atomic mass is 10.1. The summed E-state index contributed by atoms with van der Waals surface area (Å²) in [5.41, 5.74) is 2.33. The summed E-state index contributed by atoms with van der Waals surface area (Å²) in [7, 11) is 0. The molecule has 0 bridgehead atoms. The highest BCUT2D eigenvalue weighted by atomic mass is 19.4. The van der Waals surface area contributed by atoms with E-state index in [1.165, 1.54) is 6.07 Å². The van der Waals surface area contributed by atoms with Crippen LogP contribution in [0.15, 0.2) is 48.5 Å². The van der Waals surface area contributed by atoms with Crippen molar-refractivity contribution >= 4 is 5.69 Å². The Morgan fingerprint density at radius 3 is 2.55 bits per heavy atom. The summed E-state index contributed by atoms with van der Waals surface area (Å²) in [5.74, 6) is 0.173. The standard InChI is InChI=1S/C16H16F3NO2/c17-16(18,19)11-22-14-6-3-4-12(8-14)9-20-15-7-2-1-5-13(15)10-21/h1-8,20-21H,9-11H2. The van der Waals surface area contributed by atoms with E-state index in [-0.39, 0.29) is 12.4 Å². The number of hydrogen-bond acceptors (Lipinski definition) is 3. The predicted molar refractivity (Wildman–Crippen MR) is 77.7 cm³/mol. The molecule has 2 rings (SSSR count). The molecule has 118 valence electrons. The zero-order valence-electron chi connectivity index (χ0n) is 11.7. The van der Waals surface area contributed by atoms with E-state index in [2.05, 4.69) is 5.32 Å². The Labute approximate surface area is 126 Å². The normalized spacial score (nSPS) is 11.3. The molecule has 6 heteroatoms. The van der Waals surface area contributed by atoms with E-state index in [4.69, 9.17) is 4.74 Å². The molecule has 0 amide bonds. The number of aliphatic hydroxyl groups excluding tert-OH is 1. The number of halogens is 3. The van der Waals surface area contributed by atoms with E-state index in [9.17, 15) is 18.3 Å². The first-order valence-electron chi connectivity index (χ1n) is 6.69. The van der Waals surface area contributed by atoms with E-state index in [1.807, 2.05) is 18.2 Å². The summed E-state index contributed by atoms with van der Waals surface area (Å²) < 4.78 is 41.1. The maximum Gasteiger partial charge on any atom is 0.422 e. The van der Waals surface area contributed by atoms with Crippen molar-refractivity contribution in [2.75, 3.05) is 11.9 Å². The van der Waals surface area contributed by atoms with Crippen molar-refractivity contribution in [2.24, 2.45) is 0 Å². The van der Waals surface area contributed by atoms with Crippen molar-refractivity contribution in [1.29, 1.82) is 0 Å². The van der Waals surface area contributed by atoms with E-state index in [0.717, 1.165) is 16.8 Å². The van der Waals surface area contributed by atoms with Gasteiger partial charge in [0.1, 0.15) is 5.75 Å². The fourth-order valence-electron chi connectivity index (χ4n) is 1.94. The van der Waals surface area contributed by atoms with E-state index in [1.54, 1.807) is 24.3 Å². The third-order valence-electron chi connectivity index (χ3n) is 2.97. The second-order valence-electron chi connectivity index (χ2n) is 4.72. The lowest BCUT2D eigenvalue weighted by Crippen LogP contribution is -2.19. The van der Waals surface area contributed by atoms with Gasteiger partial charge in [0.2, 0.25) is 0 Å². The lowest BCUT2D eigenvalue weighted by molar-refractivity contribution is -0.153. The van der Waals surface area contributed by atoms with Crippen LogP contribution in [0.2, 0.25) is 0 Å². The molecule has 0 aliphatic heterocycles. The molecule has 0 aliphatic rings. The van der Waals surface area contributed by atoms with Crippen LogP contribution in [0, 0.1) is 0 Å². The van der Waals surface area contributed by atoms with Gasteiger partial charge in [-0.2, -0.15) is 13.2 Å². The highest BCUT2D eigenvalue weighted by Gasteiger charge is 2.28. The van der Waals surface area contributed by atoms with Gasteiger partial charge in [-0.3, -0.25) is 0 Å². The summed E-state index contributed by atoms with van der Waals surface area (Å²) in [6, 6.07) is 13.8. The first-order chi connectivity index (χ1) is 10.5. The molecule has 2 aromatic rings. The number of nitrogens with one attached hydrogen (secondary N) is 1. The highest BCUT2D eigenvalue weighted by molar-refractivity contribution is 5.51. The average molecular weight is 311 g/mol. The zero-order valence-corrected chi connectivity index (χ0v) is 11.7. The quantitative estimate of drug-likeness (QED) is 0.854. The largest absolute Gasteiger partial charge is 0.484 e. The Morgan fingerprint density at radius 1 is 1.05 bits per heavy atom. The van der Waals surface area contributed by atoms with E-state index in [0.29, 0.717) is 6.54 Å². The third-order valence-corrected chi connectivity index (χ3v) is 2.97. The molecule has 0 aromatic heterocycles. The lowest BCUT2D eigenvalue weighted by Gasteiger charge is -2.12. The van der Waals surface area contributed by atoms with Gasteiger partial charge in [0.15, 0.2) is 6.61 Å². The Kier molecular flexibility index (Phi) is 5.27. The molecule has 0 fully saturated rings. The third kappa shape index (κ3) is 4.96. The number of alkyl halides is 3. The molecule has 2 N–H and O–H groups in total. The van der Waals surface area contributed by atoms with Crippen LogP contribution < -0.4 is 10.1 Å². The molecule has 0 saturated carbocycles. The summed E-state index contributed by atoms with van der Waals surface area (Å²) in [6.07, 6.45) is -4.35. The van der Waals surface area contributed by atoms with Gasteiger partial charge in [0.25, 0.3) is 0 Å². The van der Waals surface area contributed by atoms with Crippen LogP contribution in [0.3, 0.4) is 0 Å². The predicted octanol–water partition coefficient (Wildman–Crippen LogP) is 3.73. The molecule has 0 aliphatic carbocycles. The molecule has 0 radical (unpaired) electrons. The molecule has 2 aromatic carbocycles. The molecular formula is C16H16F3NO2. The number of hydrogen-bond donors (Lipinski definition) is 2. The molecule has 0 unspecified atom stereocenters. The molecule has 0 spiro atoms. The van der Waals surface area contributed by atoms with Crippen molar-refractivity contribution < 1.29 is 23.0 Å². The maximum atomic E-state index is 12.1. The van der Waals surface area contributed by atoms with Gasteiger partial charge >= 0.3 is 6.18 Å². The van der Waals surface area contributed by atoms with Gasteiger partial charge in [-0.1, -0.05) is 30.3 Å². The van der Waals surface area contributed by atoms with Crippen molar-refractivity contribution in [3.63, 3.8) is 0 Å². The van der Waals surface area contributed by atoms with Crippen LogP contribution in [-0.2, 0) is 13.2 Å². The summed E-state index contributed by atoms with van der Waals surface area (Å²) in [5, 5.41) is 12.4. The van der Waals surface area contributed by atoms with Crippen LogP contribution in [0.1, 0.15) is 11.1 Å². The molecule has 0 atom stereocenters. The fourth-order valence-corrected chi connectivity index (χ4v) is 1.94. The highest BCUT2D eigenvalue weighted by Crippen LogP contribution is 2.21. The summed E-state index contributed by atoms with van der Waals surface area (Å²) >= 11 is 0. The Morgan fingerprint density at radius 2 is 1.82 bits per heavy atom. The van der Waals surface area contributed by atoms with Gasteiger partial charge in [-0.05, 0) is 23.8 Å². The SMILES string of the molecule is OCc1ccccc1NCc1cccc(OCC(F)(F)F)c1. The monoisotopic (exact) mass is 311 g/mol. The van der Waals surface area contributed by atoms with E-state index >= 15 is 0 Å². The van der Waals surface area contributed by atoms with Gasteiger partial charge in [0.05, 0.1) is 6.61 Å². The molecular weight excluding hydrogens is 295 g/mol. The van der Waals surface area contributed by atoms with Gasteiger partial charge in [0, 0.05) is 17.8 Å². The number of aliphatic hydroxyl groups is 1. The average Bonchev–Trinajstić information content (AvgIpc) is 2.51. The van der Waals surface area contributed by atoms with Crippen LogP contribution in [0.5, 0.6) is 5.75 Å². The molecule has 3 nitrogen and oxygen atoms in total. The number of anilines is 1. The number of benzene rings is 2. The summed E-state index contributed by atoms with van der Waals surface area (Å²) in [4.78, 5) is 0. The van der Waals surface area contributed by atoms with Crippen LogP contribution in [-0.4, -0.2) is 17.9 Å². The second kappa shape index (κ2) is 7.17. The Balaban J connectivity index is 1.98. The van der Waals surface area contributed by atoms with Crippen molar-refractivity contribution in [2.45, 2.75) is 19.3 Å². The number of para-hydroxylation sites is 1. The first kappa shape index (κ1) is 16.2. The second-order valence-corrected chi connectivity index (χ2v) is 4.72. The molecule has 0 saturated heterocycles. The zero-order chi connectivity index (χ0) is 16.0. The first-order valence-corrected chi connectivity index (χ1v) is 6.69. The van der Waals surface area contributed by atoms with Crippen molar-refractivity contribution in [3.8, 4) is 5.75 Å². The van der Waals surface area contributed by atoms with Crippen molar-refractivity contribution in [3.05, 3.63) is 59.7 Å². The summed E-state index contributed by atoms with van der Waals surface area (Å²) in [6.45, 7) is -0.977. The number of rotatable bonds is 6. The fraction of sp³-hybridized carbons (Fsp3) is 0.250.